The molecule has 5 nitrogen and oxygen atoms in total. The summed E-state index contributed by atoms with van der Waals surface area (Å²) in [4.78, 5) is 26.0. The predicted molar refractivity (Wildman–Crippen MR) is 92.2 cm³/mol. The van der Waals surface area contributed by atoms with Crippen LogP contribution in [-0.2, 0) is 4.79 Å². The van der Waals surface area contributed by atoms with E-state index < -0.39 is 0 Å². The van der Waals surface area contributed by atoms with Crippen molar-refractivity contribution in [2.75, 3.05) is 29.6 Å². The normalized spacial score (nSPS) is 15.8. The number of benzene rings is 2. The Labute approximate surface area is 135 Å². The average molecular weight is 309 g/mol. The highest BCUT2D eigenvalue weighted by Crippen LogP contribution is 2.34. The Kier molecular flexibility index (Phi) is 3.78. The summed E-state index contributed by atoms with van der Waals surface area (Å²) < 4.78 is 0. The van der Waals surface area contributed by atoms with Crippen LogP contribution in [0.3, 0.4) is 0 Å². The fraction of sp³-hybridized carbons (Fsp3) is 0.222. The van der Waals surface area contributed by atoms with Crippen molar-refractivity contribution in [3.63, 3.8) is 0 Å². The highest BCUT2D eigenvalue weighted by molar-refractivity contribution is 6.06. The molecule has 23 heavy (non-hydrogen) atoms. The Morgan fingerprint density at radius 2 is 1.83 bits per heavy atom. The molecule has 0 saturated heterocycles. The Morgan fingerprint density at radius 3 is 2.48 bits per heavy atom. The molecule has 0 aromatic heterocycles. The zero-order valence-electron chi connectivity index (χ0n) is 13.4. The van der Waals surface area contributed by atoms with Crippen LogP contribution in [0.4, 0.5) is 17.1 Å². The van der Waals surface area contributed by atoms with Crippen LogP contribution in [0.15, 0.2) is 42.5 Å². The van der Waals surface area contributed by atoms with E-state index in [-0.39, 0.29) is 17.7 Å². The van der Waals surface area contributed by atoms with Crippen LogP contribution in [0.25, 0.3) is 0 Å². The van der Waals surface area contributed by atoms with Crippen molar-refractivity contribution in [1.29, 1.82) is 0 Å². The minimum absolute atomic E-state index is 0.0113. The smallest absolute Gasteiger partial charge is 0.255 e. The van der Waals surface area contributed by atoms with Gasteiger partial charge < -0.3 is 15.5 Å². The molecule has 0 aliphatic carbocycles. The zero-order valence-corrected chi connectivity index (χ0v) is 13.4. The van der Waals surface area contributed by atoms with Gasteiger partial charge in [0.1, 0.15) is 0 Å². The number of hydrogen-bond donors (Lipinski definition) is 2. The van der Waals surface area contributed by atoms with E-state index in [0.717, 1.165) is 16.9 Å². The summed E-state index contributed by atoms with van der Waals surface area (Å²) in [6.07, 6.45) is 0. The number of carbonyl (C=O) groups excluding carboxylic acids is 2. The fourth-order valence-corrected chi connectivity index (χ4v) is 2.61. The average Bonchev–Trinajstić information content (AvgIpc) is 2.82. The third kappa shape index (κ3) is 2.90. The molecule has 2 aromatic carbocycles. The number of fused-ring (bicyclic) bond motifs is 1. The van der Waals surface area contributed by atoms with E-state index in [1.807, 2.05) is 50.2 Å². The molecule has 2 N–H and O–H groups in total. The van der Waals surface area contributed by atoms with Crippen molar-refractivity contribution < 1.29 is 9.59 Å². The van der Waals surface area contributed by atoms with Crippen LogP contribution in [0, 0.1) is 0 Å². The van der Waals surface area contributed by atoms with Crippen molar-refractivity contribution in [3.05, 3.63) is 53.6 Å². The molecule has 118 valence electrons. The van der Waals surface area contributed by atoms with E-state index >= 15 is 0 Å². The quantitative estimate of drug-likeness (QED) is 0.916. The maximum atomic E-state index is 12.3. The van der Waals surface area contributed by atoms with Gasteiger partial charge in [-0.1, -0.05) is 0 Å². The van der Waals surface area contributed by atoms with Crippen molar-refractivity contribution in [3.8, 4) is 0 Å². The molecular weight excluding hydrogens is 290 g/mol. The fourth-order valence-electron chi connectivity index (χ4n) is 2.61. The monoisotopic (exact) mass is 309 g/mol. The van der Waals surface area contributed by atoms with Gasteiger partial charge in [0, 0.05) is 36.7 Å². The third-order valence-electron chi connectivity index (χ3n) is 4.07. The highest BCUT2D eigenvalue weighted by atomic mass is 16.2. The van der Waals surface area contributed by atoms with E-state index in [9.17, 15) is 9.59 Å². The van der Waals surface area contributed by atoms with Gasteiger partial charge in [0.05, 0.1) is 5.92 Å². The molecule has 3 rings (SSSR count). The Morgan fingerprint density at radius 1 is 1.13 bits per heavy atom. The van der Waals surface area contributed by atoms with Gasteiger partial charge in [0.15, 0.2) is 0 Å². The van der Waals surface area contributed by atoms with E-state index in [1.165, 1.54) is 0 Å². The van der Waals surface area contributed by atoms with Gasteiger partial charge in [0.25, 0.3) is 5.91 Å². The lowest BCUT2D eigenvalue weighted by atomic mass is 10.0. The predicted octanol–water partition coefficient (Wildman–Crippen LogP) is 3.06. The van der Waals surface area contributed by atoms with Gasteiger partial charge in [-0.25, -0.2) is 0 Å². The van der Waals surface area contributed by atoms with Crippen LogP contribution in [-0.4, -0.2) is 25.9 Å². The van der Waals surface area contributed by atoms with Gasteiger partial charge >= 0.3 is 0 Å². The molecule has 1 atom stereocenters. The summed E-state index contributed by atoms with van der Waals surface area (Å²) in [6.45, 7) is 1.85. The zero-order chi connectivity index (χ0) is 16.6. The molecule has 1 unspecified atom stereocenters. The lowest BCUT2D eigenvalue weighted by molar-refractivity contribution is -0.116. The summed E-state index contributed by atoms with van der Waals surface area (Å²) in [7, 11) is 3.91. The number of anilines is 3. The van der Waals surface area contributed by atoms with Crippen molar-refractivity contribution in [2.45, 2.75) is 12.8 Å². The van der Waals surface area contributed by atoms with Crippen LogP contribution >= 0.6 is 0 Å². The molecule has 2 amide bonds. The Hall–Kier alpha value is -2.82. The van der Waals surface area contributed by atoms with Crippen molar-refractivity contribution in [1.82, 2.24) is 0 Å². The highest BCUT2D eigenvalue weighted by Gasteiger charge is 2.26. The summed E-state index contributed by atoms with van der Waals surface area (Å²) >= 11 is 0. The van der Waals surface area contributed by atoms with E-state index in [4.69, 9.17) is 0 Å². The third-order valence-corrected chi connectivity index (χ3v) is 4.07. The SMILES string of the molecule is CC1C(=O)Nc2ccc(NC(=O)c3ccc(N(C)C)cc3)cc21. The molecule has 1 aliphatic heterocycles. The van der Waals surface area contributed by atoms with Gasteiger partial charge in [-0.05, 0) is 55.0 Å². The van der Waals surface area contributed by atoms with E-state index in [0.29, 0.717) is 11.3 Å². The van der Waals surface area contributed by atoms with Crippen LogP contribution in [0.5, 0.6) is 0 Å². The van der Waals surface area contributed by atoms with Crippen molar-refractivity contribution >= 4 is 28.9 Å². The summed E-state index contributed by atoms with van der Waals surface area (Å²) in [6, 6.07) is 12.9. The van der Waals surface area contributed by atoms with Gasteiger partial charge in [0.2, 0.25) is 5.91 Å². The second-order valence-corrected chi connectivity index (χ2v) is 5.91. The number of nitrogens with zero attached hydrogens (tertiary/aromatic N) is 1. The number of amides is 2. The Bertz CT molecular complexity index is 766. The molecule has 2 aromatic rings. The lowest BCUT2D eigenvalue weighted by Crippen LogP contribution is -2.13. The molecule has 5 heteroatoms. The molecule has 0 bridgehead atoms. The minimum atomic E-state index is -0.193. The first-order chi connectivity index (χ1) is 11.0. The Balaban J connectivity index is 1.77. The molecule has 1 aliphatic rings. The first-order valence-electron chi connectivity index (χ1n) is 7.49. The van der Waals surface area contributed by atoms with Gasteiger partial charge in [-0.15, -0.1) is 0 Å². The maximum absolute atomic E-state index is 12.3. The summed E-state index contributed by atoms with van der Waals surface area (Å²) in [5, 5.41) is 5.70. The number of carbonyl (C=O) groups is 2. The second kappa shape index (κ2) is 5.76. The number of hydrogen-bond acceptors (Lipinski definition) is 3. The minimum Gasteiger partial charge on any atom is -0.378 e. The standard InChI is InChI=1S/C18H19N3O2/c1-11-15-10-13(6-9-16(15)20-17(11)22)19-18(23)12-4-7-14(8-5-12)21(2)3/h4-11H,1-3H3,(H,19,23)(H,20,22). The van der Waals surface area contributed by atoms with E-state index in [2.05, 4.69) is 10.6 Å². The van der Waals surface area contributed by atoms with Crippen LogP contribution in [0.2, 0.25) is 0 Å². The molecule has 0 fully saturated rings. The topological polar surface area (TPSA) is 61.4 Å². The summed E-state index contributed by atoms with van der Waals surface area (Å²) in [5.41, 5.74) is 4.05. The first kappa shape index (κ1) is 15.1. The largest absolute Gasteiger partial charge is 0.378 e. The molecule has 0 spiro atoms. The van der Waals surface area contributed by atoms with E-state index in [1.54, 1.807) is 18.2 Å². The second-order valence-electron chi connectivity index (χ2n) is 5.91. The lowest BCUT2D eigenvalue weighted by Gasteiger charge is -2.13. The maximum Gasteiger partial charge on any atom is 0.255 e. The first-order valence-corrected chi connectivity index (χ1v) is 7.49. The molecule has 0 saturated carbocycles. The van der Waals surface area contributed by atoms with Crippen molar-refractivity contribution in [2.24, 2.45) is 0 Å². The van der Waals surface area contributed by atoms with Gasteiger partial charge in [-0.3, -0.25) is 9.59 Å². The number of nitrogens with one attached hydrogen (secondary N) is 2. The number of rotatable bonds is 3. The van der Waals surface area contributed by atoms with Crippen LogP contribution < -0.4 is 15.5 Å². The molecule has 1 heterocycles. The molecule has 0 radical (unpaired) electrons. The molecular formula is C18H19N3O2. The van der Waals surface area contributed by atoms with Crippen LogP contribution in [0.1, 0.15) is 28.8 Å². The van der Waals surface area contributed by atoms with Gasteiger partial charge in [-0.2, -0.15) is 0 Å². The summed E-state index contributed by atoms with van der Waals surface area (Å²) in [5.74, 6) is -0.371.